The van der Waals surface area contributed by atoms with Crippen LogP contribution in [-0.4, -0.2) is 0 Å². The van der Waals surface area contributed by atoms with Gasteiger partial charge in [0, 0.05) is 17.7 Å². The molecule has 0 radical (unpaired) electrons. The number of rotatable bonds is 1. The lowest BCUT2D eigenvalue weighted by atomic mass is 10.0. The Hall–Kier alpha value is -1.63. The van der Waals surface area contributed by atoms with Gasteiger partial charge in [0.05, 0.1) is 1.37 Å². The molecule has 1 aromatic carbocycles. The van der Waals surface area contributed by atoms with Gasteiger partial charge < -0.3 is 0 Å². The molecule has 15 heavy (non-hydrogen) atoms. The first-order chi connectivity index (χ1) is 7.58. The predicted molar refractivity (Wildman–Crippen MR) is 62.5 cm³/mol. The van der Waals surface area contributed by atoms with E-state index in [0.29, 0.717) is 6.04 Å². The van der Waals surface area contributed by atoms with Crippen molar-refractivity contribution in [1.29, 1.82) is 0 Å². The second kappa shape index (κ2) is 3.85. The van der Waals surface area contributed by atoms with Gasteiger partial charge in [0.25, 0.3) is 0 Å². The van der Waals surface area contributed by atoms with Gasteiger partial charge in [-0.1, -0.05) is 18.2 Å². The molecule has 0 spiro atoms. The van der Waals surface area contributed by atoms with Crippen LogP contribution in [0.4, 0.5) is 0 Å². The molecular weight excluding hydrogens is 182 g/mol. The minimum absolute atomic E-state index is 0.566. The predicted octanol–water partition coefficient (Wildman–Crippen LogP) is 2.79. The van der Waals surface area contributed by atoms with Gasteiger partial charge in [0.2, 0.25) is 5.69 Å². The topological polar surface area (TPSA) is 3.88 Å². The van der Waals surface area contributed by atoms with Crippen LogP contribution in [0.25, 0.3) is 11.3 Å². The van der Waals surface area contributed by atoms with Crippen LogP contribution >= 0.6 is 0 Å². The van der Waals surface area contributed by atoms with E-state index in [4.69, 9.17) is 1.37 Å². The monoisotopic (exact) mass is 199 g/mol. The van der Waals surface area contributed by atoms with Gasteiger partial charge in [0.1, 0.15) is 7.05 Å². The molecule has 0 aliphatic heterocycles. The van der Waals surface area contributed by atoms with E-state index in [2.05, 4.69) is 36.7 Å². The molecule has 0 saturated heterocycles. The molecule has 2 aromatic rings. The second-order valence-electron chi connectivity index (χ2n) is 3.94. The molecule has 1 heterocycles. The molecule has 1 aromatic heterocycles. The zero-order valence-electron chi connectivity index (χ0n) is 10.4. The number of pyridine rings is 1. The summed E-state index contributed by atoms with van der Waals surface area (Å²) in [6.45, 7) is 4.15. The largest absolute Gasteiger partial charge is 0.212 e. The minimum atomic E-state index is 0.566. The molecule has 0 bridgehead atoms. The summed E-state index contributed by atoms with van der Waals surface area (Å²) in [4.78, 5) is 0. The fourth-order valence-electron chi connectivity index (χ4n) is 1.74. The summed E-state index contributed by atoms with van der Waals surface area (Å²) in [6.07, 6.45) is 2.07. The molecule has 0 aliphatic carbocycles. The number of nitrogens with zero attached hydrogens (tertiary/aromatic N) is 1. The van der Waals surface area contributed by atoms with E-state index in [9.17, 15) is 0 Å². The van der Waals surface area contributed by atoms with Crippen LogP contribution in [0.2, 0.25) is 0 Å². The Morgan fingerprint density at radius 3 is 2.73 bits per heavy atom. The van der Waals surface area contributed by atoms with Gasteiger partial charge in [-0.2, -0.15) is 0 Å². The van der Waals surface area contributed by atoms with E-state index in [1.807, 2.05) is 25.2 Å². The van der Waals surface area contributed by atoms with Gasteiger partial charge in [0.15, 0.2) is 6.20 Å². The van der Waals surface area contributed by atoms with E-state index < -0.39 is 0 Å². The molecular formula is C14H16N+. The average molecular weight is 199 g/mol. The van der Waals surface area contributed by atoms with Gasteiger partial charge in [-0.05, 0) is 31.0 Å². The highest BCUT2D eigenvalue weighted by atomic mass is 14.9. The van der Waals surface area contributed by atoms with Gasteiger partial charge in [-0.25, -0.2) is 4.57 Å². The highest BCUT2D eigenvalue weighted by Gasteiger charge is 2.10. The normalized spacial score (nSPS) is 11.3. The van der Waals surface area contributed by atoms with Crippen molar-refractivity contribution in [2.75, 3.05) is 0 Å². The first-order valence-electron chi connectivity index (χ1n) is 5.62. The van der Waals surface area contributed by atoms with Crippen molar-refractivity contribution in [2.45, 2.75) is 13.8 Å². The van der Waals surface area contributed by atoms with E-state index in [1.165, 1.54) is 16.8 Å². The first-order valence-corrected chi connectivity index (χ1v) is 5.12. The van der Waals surface area contributed by atoms with E-state index in [1.54, 1.807) is 0 Å². The van der Waals surface area contributed by atoms with Crippen molar-refractivity contribution in [1.82, 2.24) is 0 Å². The number of aromatic nitrogens is 1. The van der Waals surface area contributed by atoms with Crippen LogP contribution in [0.3, 0.4) is 0 Å². The highest BCUT2D eigenvalue weighted by molar-refractivity contribution is 5.61. The van der Waals surface area contributed by atoms with Crippen LogP contribution in [-0.2, 0) is 7.05 Å². The van der Waals surface area contributed by atoms with Crippen LogP contribution in [0.1, 0.15) is 12.5 Å². The van der Waals surface area contributed by atoms with Crippen molar-refractivity contribution < 1.29 is 5.94 Å². The van der Waals surface area contributed by atoms with E-state index >= 15 is 0 Å². The molecule has 0 N–H and O–H groups in total. The van der Waals surface area contributed by atoms with Crippen molar-refractivity contribution in [3.63, 3.8) is 0 Å². The molecule has 0 aliphatic rings. The van der Waals surface area contributed by atoms with Crippen molar-refractivity contribution in [3.8, 4) is 11.3 Å². The van der Waals surface area contributed by atoms with Crippen LogP contribution in [0, 0.1) is 13.8 Å². The quantitative estimate of drug-likeness (QED) is 0.622. The summed E-state index contributed by atoms with van der Waals surface area (Å²) in [6, 6.07) is 10.6. The van der Waals surface area contributed by atoms with Gasteiger partial charge in [-0.3, -0.25) is 0 Å². The lowest BCUT2D eigenvalue weighted by molar-refractivity contribution is -0.660. The maximum atomic E-state index is 7.58. The Morgan fingerprint density at radius 2 is 2.00 bits per heavy atom. The lowest BCUT2D eigenvalue weighted by Gasteiger charge is -2.04. The Bertz CT molecular complexity index is 532. The summed E-state index contributed by atoms with van der Waals surface area (Å²) in [5.41, 5.74) is 4.79. The smallest absolute Gasteiger partial charge is 0.201 e. The number of hydrogen-bond donors (Lipinski definition) is 0. The molecule has 0 amide bonds. The Morgan fingerprint density at radius 1 is 1.20 bits per heavy atom. The second-order valence-corrected chi connectivity index (χ2v) is 3.94. The van der Waals surface area contributed by atoms with Crippen molar-refractivity contribution in [2.24, 2.45) is 7.05 Å². The zero-order chi connectivity index (χ0) is 11.7. The third-order valence-corrected chi connectivity index (χ3v) is 2.65. The Balaban J connectivity index is 2.62. The summed E-state index contributed by atoms with van der Waals surface area (Å²) < 4.78 is 9.69. The Kier molecular flexibility index (Phi) is 2.23. The van der Waals surface area contributed by atoms with Crippen molar-refractivity contribution >= 4 is 0 Å². The summed E-state index contributed by atoms with van der Waals surface area (Å²) in [7, 11) is 2.04. The molecule has 0 atom stereocenters. The standard InChI is InChI=1S/C14H16N/c1-11-8-9-15(3)14(10-11)13-7-5-4-6-12(13)2/h4-10H,1-3H3/q+1/i4D. The first kappa shape index (κ1) is 8.66. The molecule has 1 nitrogen and oxygen atoms in total. The summed E-state index contributed by atoms with van der Waals surface area (Å²) in [5.74, 6) is 0. The fourth-order valence-corrected chi connectivity index (χ4v) is 1.74. The Labute approximate surface area is 92.4 Å². The lowest BCUT2D eigenvalue weighted by Crippen LogP contribution is -2.30. The molecule has 0 fully saturated rings. The van der Waals surface area contributed by atoms with E-state index in [0.717, 1.165) is 5.56 Å². The number of aryl methyl sites for hydroxylation is 3. The summed E-state index contributed by atoms with van der Waals surface area (Å²) >= 11 is 0. The number of hydrogen-bond acceptors (Lipinski definition) is 0. The molecule has 0 saturated carbocycles. The van der Waals surface area contributed by atoms with Gasteiger partial charge >= 0.3 is 0 Å². The zero-order valence-corrected chi connectivity index (χ0v) is 9.41. The summed E-state index contributed by atoms with van der Waals surface area (Å²) in [5, 5.41) is 0. The third-order valence-electron chi connectivity index (χ3n) is 2.65. The maximum absolute atomic E-state index is 7.58. The van der Waals surface area contributed by atoms with Crippen LogP contribution in [0.5, 0.6) is 0 Å². The molecule has 2 rings (SSSR count). The van der Waals surface area contributed by atoms with Crippen LogP contribution in [0.15, 0.2) is 42.6 Å². The third kappa shape index (κ3) is 1.91. The van der Waals surface area contributed by atoms with Crippen LogP contribution < -0.4 is 4.57 Å². The molecule has 0 unspecified atom stereocenters. The highest BCUT2D eigenvalue weighted by Crippen LogP contribution is 2.19. The molecule has 76 valence electrons. The average Bonchev–Trinajstić information content (AvgIpc) is 2.22. The maximum Gasteiger partial charge on any atom is 0.212 e. The SMILES string of the molecule is [2H]c1ccc(-c2cc(C)cc[n+]2C)c(C)c1. The van der Waals surface area contributed by atoms with Gasteiger partial charge in [-0.15, -0.1) is 0 Å². The fraction of sp³-hybridized carbons (Fsp3) is 0.214. The van der Waals surface area contributed by atoms with E-state index in [-0.39, 0.29) is 0 Å². The number of benzene rings is 1. The minimum Gasteiger partial charge on any atom is -0.201 e. The molecule has 1 heteroatoms. The van der Waals surface area contributed by atoms with Crippen molar-refractivity contribution in [3.05, 3.63) is 53.7 Å².